The van der Waals surface area contributed by atoms with E-state index in [0.717, 1.165) is 31.2 Å². The zero-order valence-electron chi connectivity index (χ0n) is 17.0. The lowest BCUT2D eigenvalue weighted by atomic mass is 10.2. The number of imidazole rings is 1. The molecule has 0 atom stereocenters. The van der Waals surface area contributed by atoms with Crippen molar-refractivity contribution in [2.75, 3.05) is 0 Å². The van der Waals surface area contributed by atoms with E-state index in [-0.39, 0.29) is 22.8 Å². The molecule has 6 nitrogen and oxygen atoms in total. The summed E-state index contributed by atoms with van der Waals surface area (Å²) in [5.41, 5.74) is 0.745. The van der Waals surface area contributed by atoms with Gasteiger partial charge in [0, 0.05) is 12.6 Å². The van der Waals surface area contributed by atoms with Gasteiger partial charge in [-0.25, -0.2) is 18.7 Å². The first kappa shape index (κ1) is 21.0. The van der Waals surface area contributed by atoms with E-state index in [2.05, 4.69) is 4.98 Å². The SMILES string of the molecule is O=c1c2c(ncn2Cc2ccc(Cl)c(Cl)c2)n(-c2cccc(F)c2)c(=O)n1C1CCCC1. The molecule has 164 valence electrons. The van der Waals surface area contributed by atoms with Crippen LogP contribution in [0.25, 0.3) is 16.9 Å². The third-order valence-electron chi connectivity index (χ3n) is 5.94. The second kappa shape index (κ2) is 8.22. The third-order valence-corrected chi connectivity index (χ3v) is 6.68. The third kappa shape index (κ3) is 3.55. The molecule has 0 radical (unpaired) electrons. The maximum Gasteiger partial charge on any atom is 0.337 e. The Morgan fingerprint density at radius 2 is 1.81 bits per heavy atom. The molecule has 0 unspecified atom stereocenters. The van der Waals surface area contributed by atoms with Crippen LogP contribution in [-0.2, 0) is 6.54 Å². The topological polar surface area (TPSA) is 61.8 Å². The fourth-order valence-electron chi connectivity index (χ4n) is 4.44. The first-order chi connectivity index (χ1) is 15.4. The predicted octanol–water partition coefficient (Wildman–Crippen LogP) is 4.96. The van der Waals surface area contributed by atoms with Gasteiger partial charge in [0.2, 0.25) is 0 Å². The Labute approximate surface area is 192 Å². The Balaban J connectivity index is 1.77. The van der Waals surface area contributed by atoms with Gasteiger partial charge < -0.3 is 4.57 Å². The second-order valence-electron chi connectivity index (χ2n) is 8.00. The number of hydrogen-bond donors (Lipinski definition) is 0. The molecule has 2 aromatic heterocycles. The van der Waals surface area contributed by atoms with Gasteiger partial charge >= 0.3 is 5.69 Å². The van der Waals surface area contributed by atoms with Gasteiger partial charge in [0.05, 0.1) is 22.1 Å². The number of fused-ring (bicyclic) bond motifs is 1. The summed E-state index contributed by atoms with van der Waals surface area (Å²) in [6, 6.07) is 10.8. The standard InChI is InChI=1S/C23H19Cl2FN4O2/c24-18-9-8-14(10-19(18)25)12-28-13-27-21-20(28)22(31)30(16-5-1-2-6-16)23(32)29(21)17-7-3-4-15(26)11-17/h3-4,7-11,13,16H,1-2,5-6,12H2. The lowest BCUT2D eigenvalue weighted by molar-refractivity contribution is 0.474. The van der Waals surface area contributed by atoms with Gasteiger partial charge in [0.15, 0.2) is 11.2 Å². The van der Waals surface area contributed by atoms with Crippen LogP contribution in [0.5, 0.6) is 0 Å². The van der Waals surface area contributed by atoms with Crippen LogP contribution < -0.4 is 11.2 Å². The zero-order valence-corrected chi connectivity index (χ0v) is 18.5. The fraction of sp³-hybridized carbons (Fsp3) is 0.261. The minimum Gasteiger partial charge on any atom is -0.320 e. The molecule has 0 saturated heterocycles. The summed E-state index contributed by atoms with van der Waals surface area (Å²) >= 11 is 12.2. The predicted molar refractivity (Wildman–Crippen MR) is 123 cm³/mol. The normalized spacial score (nSPS) is 14.5. The van der Waals surface area contributed by atoms with E-state index in [0.29, 0.717) is 22.3 Å². The number of nitrogens with zero attached hydrogens (tertiary/aromatic N) is 4. The van der Waals surface area contributed by atoms with Crippen molar-refractivity contribution in [3.05, 3.63) is 91.1 Å². The van der Waals surface area contributed by atoms with E-state index < -0.39 is 11.5 Å². The summed E-state index contributed by atoms with van der Waals surface area (Å²) in [4.78, 5) is 31.4. The highest BCUT2D eigenvalue weighted by Crippen LogP contribution is 2.28. The van der Waals surface area contributed by atoms with Crippen LogP contribution >= 0.6 is 23.2 Å². The zero-order chi connectivity index (χ0) is 22.4. The molecule has 9 heteroatoms. The maximum absolute atomic E-state index is 14.0. The molecule has 1 aliphatic carbocycles. The van der Waals surface area contributed by atoms with Crippen molar-refractivity contribution in [3.63, 3.8) is 0 Å². The van der Waals surface area contributed by atoms with Gasteiger partial charge in [0.1, 0.15) is 5.82 Å². The van der Waals surface area contributed by atoms with Gasteiger partial charge in [-0.3, -0.25) is 9.36 Å². The van der Waals surface area contributed by atoms with Crippen molar-refractivity contribution < 1.29 is 4.39 Å². The van der Waals surface area contributed by atoms with Crippen molar-refractivity contribution >= 4 is 34.4 Å². The minimum absolute atomic E-state index is 0.187. The number of rotatable bonds is 4. The Morgan fingerprint density at radius 3 is 2.53 bits per heavy atom. The summed E-state index contributed by atoms with van der Waals surface area (Å²) < 4.78 is 18.3. The highest BCUT2D eigenvalue weighted by molar-refractivity contribution is 6.42. The summed E-state index contributed by atoms with van der Waals surface area (Å²) in [5, 5.41) is 0.850. The van der Waals surface area contributed by atoms with Crippen LogP contribution in [0.4, 0.5) is 4.39 Å². The van der Waals surface area contributed by atoms with Crippen LogP contribution in [0, 0.1) is 5.82 Å². The number of halogens is 3. The Hall–Kier alpha value is -2.90. The van der Waals surface area contributed by atoms with Gasteiger partial charge in [0.25, 0.3) is 5.56 Å². The van der Waals surface area contributed by atoms with Crippen molar-refractivity contribution in [2.24, 2.45) is 0 Å². The van der Waals surface area contributed by atoms with Crippen molar-refractivity contribution in [3.8, 4) is 5.69 Å². The second-order valence-corrected chi connectivity index (χ2v) is 8.82. The fourth-order valence-corrected chi connectivity index (χ4v) is 4.76. The summed E-state index contributed by atoms with van der Waals surface area (Å²) in [5.74, 6) is -0.476. The largest absolute Gasteiger partial charge is 0.337 e. The van der Waals surface area contributed by atoms with E-state index in [1.54, 1.807) is 22.8 Å². The van der Waals surface area contributed by atoms with Crippen LogP contribution in [0.3, 0.4) is 0 Å². The highest BCUT2D eigenvalue weighted by atomic mass is 35.5. The molecule has 1 aliphatic rings. The summed E-state index contributed by atoms with van der Waals surface area (Å²) in [7, 11) is 0. The van der Waals surface area contributed by atoms with Gasteiger partial charge in [-0.2, -0.15) is 0 Å². The molecule has 4 aromatic rings. The first-order valence-electron chi connectivity index (χ1n) is 10.4. The average molecular weight is 473 g/mol. The molecule has 32 heavy (non-hydrogen) atoms. The van der Waals surface area contributed by atoms with Gasteiger partial charge in [-0.1, -0.05) is 48.2 Å². The molecule has 1 fully saturated rings. The Bertz CT molecular complexity index is 1450. The number of benzene rings is 2. The van der Waals surface area contributed by atoms with Crippen molar-refractivity contribution in [1.29, 1.82) is 0 Å². The Morgan fingerprint density at radius 1 is 1.03 bits per heavy atom. The molecule has 0 spiro atoms. The molecule has 2 heterocycles. The van der Waals surface area contributed by atoms with E-state index in [4.69, 9.17) is 23.2 Å². The summed E-state index contributed by atoms with van der Waals surface area (Å²) in [6.45, 7) is 0.314. The van der Waals surface area contributed by atoms with Crippen LogP contribution in [0.1, 0.15) is 37.3 Å². The van der Waals surface area contributed by atoms with Crippen LogP contribution in [0.15, 0.2) is 58.4 Å². The molecule has 0 bridgehead atoms. The average Bonchev–Trinajstić information content (AvgIpc) is 3.42. The lowest BCUT2D eigenvalue weighted by Gasteiger charge is -2.17. The minimum atomic E-state index is -0.500. The number of aromatic nitrogens is 4. The van der Waals surface area contributed by atoms with E-state index in [9.17, 15) is 14.0 Å². The molecular formula is C23H19Cl2FN4O2. The summed E-state index contributed by atoms with van der Waals surface area (Å²) in [6.07, 6.45) is 4.94. The van der Waals surface area contributed by atoms with E-state index >= 15 is 0 Å². The van der Waals surface area contributed by atoms with E-state index in [1.165, 1.54) is 33.7 Å². The lowest BCUT2D eigenvalue weighted by Crippen LogP contribution is -2.41. The van der Waals surface area contributed by atoms with Crippen LogP contribution in [0.2, 0.25) is 10.0 Å². The smallest absolute Gasteiger partial charge is 0.320 e. The Kier molecular flexibility index (Phi) is 5.39. The highest BCUT2D eigenvalue weighted by Gasteiger charge is 2.26. The van der Waals surface area contributed by atoms with E-state index in [1.807, 2.05) is 6.07 Å². The monoisotopic (exact) mass is 472 g/mol. The maximum atomic E-state index is 14.0. The van der Waals surface area contributed by atoms with Gasteiger partial charge in [-0.05, 0) is 48.7 Å². The van der Waals surface area contributed by atoms with Crippen molar-refractivity contribution in [2.45, 2.75) is 38.3 Å². The van der Waals surface area contributed by atoms with Crippen molar-refractivity contribution in [1.82, 2.24) is 18.7 Å². The molecular weight excluding hydrogens is 454 g/mol. The molecule has 0 N–H and O–H groups in total. The molecule has 5 rings (SSSR count). The molecule has 0 amide bonds. The molecule has 1 saturated carbocycles. The molecule has 0 aliphatic heterocycles. The van der Waals surface area contributed by atoms with Gasteiger partial charge in [-0.15, -0.1) is 0 Å². The number of hydrogen-bond acceptors (Lipinski definition) is 3. The van der Waals surface area contributed by atoms with Crippen LogP contribution in [-0.4, -0.2) is 18.7 Å². The first-order valence-corrected chi connectivity index (χ1v) is 11.1. The quantitative estimate of drug-likeness (QED) is 0.421. The molecule has 2 aromatic carbocycles.